The molecule has 2 N–H and O–H groups in total. The Kier molecular flexibility index (Phi) is 4.53. The maximum atomic E-state index is 11.1. The van der Waals surface area contributed by atoms with E-state index in [9.17, 15) is 4.79 Å². The fraction of sp³-hybridized carbons (Fsp3) is 0.250. The summed E-state index contributed by atoms with van der Waals surface area (Å²) >= 11 is 1.46. The van der Waals surface area contributed by atoms with Gasteiger partial charge in [-0.15, -0.1) is 22.0 Å². The lowest BCUT2D eigenvalue weighted by atomic mass is 10.1. The van der Waals surface area contributed by atoms with Gasteiger partial charge in [0, 0.05) is 5.75 Å². The van der Waals surface area contributed by atoms with Gasteiger partial charge in [0.15, 0.2) is 0 Å². The second kappa shape index (κ2) is 6.35. The molecule has 7 heteroatoms. The highest BCUT2D eigenvalue weighted by atomic mass is 32.2. The third kappa shape index (κ3) is 3.33. The first-order chi connectivity index (χ1) is 9.22. The molecular formula is C12H12N2O4S. The fourth-order valence-corrected chi connectivity index (χ4v) is 2.07. The summed E-state index contributed by atoms with van der Waals surface area (Å²) in [6.07, 6.45) is 0. The van der Waals surface area contributed by atoms with Crippen molar-refractivity contribution in [2.24, 2.45) is 0 Å². The second-order valence-electron chi connectivity index (χ2n) is 3.63. The molecule has 0 aliphatic rings. The van der Waals surface area contributed by atoms with E-state index >= 15 is 0 Å². The van der Waals surface area contributed by atoms with E-state index in [0.717, 1.165) is 0 Å². The van der Waals surface area contributed by atoms with E-state index in [1.165, 1.54) is 17.8 Å². The van der Waals surface area contributed by atoms with Crippen LogP contribution in [0.2, 0.25) is 0 Å². The number of aliphatic hydroxyl groups is 1. The molecule has 100 valence electrons. The van der Waals surface area contributed by atoms with Crippen LogP contribution >= 0.6 is 11.8 Å². The van der Waals surface area contributed by atoms with Gasteiger partial charge in [-0.2, -0.15) is 0 Å². The Labute approximate surface area is 113 Å². The van der Waals surface area contributed by atoms with Crippen molar-refractivity contribution in [2.75, 3.05) is 12.4 Å². The number of nitrogens with zero attached hydrogens (tertiary/aromatic N) is 2. The van der Waals surface area contributed by atoms with Crippen molar-refractivity contribution in [2.45, 2.75) is 5.75 Å². The highest BCUT2D eigenvalue weighted by Gasteiger charge is 2.16. The van der Waals surface area contributed by atoms with Crippen LogP contribution in [0.5, 0.6) is 0 Å². The third-order valence-electron chi connectivity index (χ3n) is 2.32. The SMILES string of the molecule is O=C(O)c1ccccc1-c1nnc(CSCCO)o1. The number of aromatic carboxylic acids is 1. The monoisotopic (exact) mass is 280 g/mol. The van der Waals surface area contributed by atoms with Crippen molar-refractivity contribution >= 4 is 17.7 Å². The molecule has 1 aromatic carbocycles. The van der Waals surface area contributed by atoms with Crippen molar-refractivity contribution in [1.29, 1.82) is 0 Å². The summed E-state index contributed by atoms with van der Waals surface area (Å²) in [7, 11) is 0. The summed E-state index contributed by atoms with van der Waals surface area (Å²) in [5, 5.41) is 25.5. The summed E-state index contributed by atoms with van der Waals surface area (Å²) in [4.78, 5) is 11.1. The van der Waals surface area contributed by atoms with Crippen LogP contribution in [0.25, 0.3) is 11.5 Å². The fourth-order valence-electron chi connectivity index (χ4n) is 1.50. The second-order valence-corrected chi connectivity index (χ2v) is 4.73. The van der Waals surface area contributed by atoms with Crippen LogP contribution in [0.1, 0.15) is 16.2 Å². The van der Waals surface area contributed by atoms with Gasteiger partial charge in [-0.1, -0.05) is 12.1 Å². The number of thioether (sulfide) groups is 1. The number of hydrogen-bond donors (Lipinski definition) is 2. The summed E-state index contributed by atoms with van der Waals surface area (Å²) in [5.41, 5.74) is 0.529. The summed E-state index contributed by atoms with van der Waals surface area (Å²) < 4.78 is 5.42. The standard InChI is InChI=1S/C12H12N2O4S/c15-5-6-19-7-10-13-14-11(18-10)8-3-1-2-4-9(8)12(16)17/h1-4,15H,5-7H2,(H,16,17). The molecule has 0 spiro atoms. The van der Waals surface area contributed by atoms with Crippen LogP contribution in [0.4, 0.5) is 0 Å². The van der Waals surface area contributed by atoms with E-state index in [0.29, 0.717) is 23.0 Å². The Hall–Kier alpha value is -1.86. The van der Waals surface area contributed by atoms with E-state index in [-0.39, 0.29) is 18.1 Å². The Morgan fingerprint density at radius 1 is 1.32 bits per heavy atom. The molecule has 0 radical (unpaired) electrons. The van der Waals surface area contributed by atoms with Crippen LogP contribution in [0, 0.1) is 0 Å². The number of carboxylic acids is 1. The molecule has 0 saturated heterocycles. The smallest absolute Gasteiger partial charge is 0.336 e. The van der Waals surface area contributed by atoms with Crippen LogP contribution in [-0.2, 0) is 5.75 Å². The van der Waals surface area contributed by atoms with Crippen LogP contribution in [0.3, 0.4) is 0 Å². The molecule has 1 heterocycles. The maximum Gasteiger partial charge on any atom is 0.336 e. The van der Waals surface area contributed by atoms with E-state index in [1.54, 1.807) is 18.2 Å². The largest absolute Gasteiger partial charge is 0.478 e. The van der Waals surface area contributed by atoms with Crippen LogP contribution in [-0.4, -0.2) is 38.7 Å². The minimum absolute atomic E-state index is 0.0908. The normalized spacial score (nSPS) is 10.6. The molecule has 0 saturated carbocycles. The average molecular weight is 280 g/mol. The van der Waals surface area contributed by atoms with E-state index in [4.69, 9.17) is 14.6 Å². The Morgan fingerprint density at radius 2 is 2.11 bits per heavy atom. The van der Waals surface area contributed by atoms with Gasteiger partial charge in [0.05, 0.1) is 23.5 Å². The van der Waals surface area contributed by atoms with Gasteiger partial charge >= 0.3 is 5.97 Å². The zero-order valence-corrected chi connectivity index (χ0v) is 10.8. The number of carbonyl (C=O) groups is 1. The molecule has 19 heavy (non-hydrogen) atoms. The van der Waals surface area contributed by atoms with Gasteiger partial charge in [0.25, 0.3) is 0 Å². The predicted octanol–water partition coefficient (Wildman–Crippen LogP) is 1.66. The lowest BCUT2D eigenvalue weighted by molar-refractivity contribution is 0.0697. The molecule has 6 nitrogen and oxygen atoms in total. The van der Waals surface area contributed by atoms with Crippen molar-refractivity contribution in [3.8, 4) is 11.5 Å². The van der Waals surface area contributed by atoms with Gasteiger partial charge in [-0.3, -0.25) is 0 Å². The lowest BCUT2D eigenvalue weighted by Gasteiger charge is -2.00. The number of carboxylic acid groups (broad SMARTS) is 1. The zero-order valence-electron chi connectivity index (χ0n) is 9.94. The van der Waals surface area contributed by atoms with E-state index < -0.39 is 5.97 Å². The number of hydrogen-bond acceptors (Lipinski definition) is 6. The number of rotatable bonds is 6. The topological polar surface area (TPSA) is 96.5 Å². The number of aromatic nitrogens is 2. The van der Waals surface area contributed by atoms with Gasteiger partial charge in [0.2, 0.25) is 11.8 Å². The Bertz CT molecular complexity index is 570. The van der Waals surface area contributed by atoms with Crippen molar-refractivity contribution in [3.05, 3.63) is 35.7 Å². The molecule has 0 atom stereocenters. The van der Waals surface area contributed by atoms with Crippen LogP contribution in [0.15, 0.2) is 28.7 Å². The molecule has 1 aromatic heterocycles. The molecule has 0 unspecified atom stereocenters. The first kappa shape index (κ1) is 13.6. The summed E-state index contributed by atoms with van der Waals surface area (Å²) in [6.45, 7) is 0.0908. The number of benzene rings is 1. The van der Waals surface area contributed by atoms with Gasteiger partial charge in [0.1, 0.15) is 0 Å². The minimum atomic E-state index is -1.04. The van der Waals surface area contributed by atoms with Gasteiger partial charge in [-0.05, 0) is 12.1 Å². The quantitative estimate of drug-likeness (QED) is 0.777. The first-order valence-corrected chi connectivity index (χ1v) is 6.71. The first-order valence-electron chi connectivity index (χ1n) is 5.56. The van der Waals surface area contributed by atoms with E-state index in [1.807, 2.05) is 0 Å². The van der Waals surface area contributed by atoms with Gasteiger partial charge in [-0.25, -0.2) is 4.79 Å². The highest BCUT2D eigenvalue weighted by molar-refractivity contribution is 7.98. The average Bonchev–Trinajstić information content (AvgIpc) is 2.88. The molecular weight excluding hydrogens is 268 g/mol. The van der Waals surface area contributed by atoms with Crippen molar-refractivity contribution in [1.82, 2.24) is 10.2 Å². The molecule has 2 rings (SSSR count). The molecule has 0 bridgehead atoms. The zero-order chi connectivity index (χ0) is 13.7. The summed E-state index contributed by atoms with van der Waals surface area (Å²) in [5.74, 6) is 0.642. The molecule has 0 fully saturated rings. The lowest BCUT2D eigenvalue weighted by Crippen LogP contribution is -1.99. The van der Waals surface area contributed by atoms with E-state index in [2.05, 4.69) is 10.2 Å². The predicted molar refractivity (Wildman–Crippen MR) is 69.9 cm³/mol. The molecule has 0 aliphatic carbocycles. The number of aliphatic hydroxyl groups excluding tert-OH is 1. The maximum absolute atomic E-state index is 11.1. The summed E-state index contributed by atoms with van der Waals surface area (Å²) in [6, 6.07) is 6.47. The minimum Gasteiger partial charge on any atom is -0.478 e. The Balaban J connectivity index is 2.21. The Morgan fingerprint density at radius 3 is 2.84 bits per heavy atom. The van der Waals surface area contributed by atoms with Crippen molar-refractivity contribution < 1.29 is 19.4 Å². The highest BCUT2D eigenvalue weighted by Crippen LogP contribution is 2.23. The molecule has 2 aromatic rings. The molecule has 0 amide bonds. The van der Waals surface area contributed by atoms with Crippen molar-refractivity contribution in [3.63, 3.8) is 0 Å². The third-order valence-corrected chi connectivity index (χ3v) is 3.24. The van der Waals surface area contributed by atoms with Crippen LogP contribution < -0.4 is 0 Å². The molecule has 0 aliphatic heterocycles. The van der Waals surface area contributed by atoms with Gasteiger partial charge < -0.3 is 14.6 Å².